The van der Waals surface area contributed by atoms with Crippen LogP contribution in [-0.2, 0) is 9.47 Å². The lowest BCUT2D eigenvalue weighted by molar-refractivity contribution is -0.0156. The molecule has 5 nitrogen and oxygen atoms in total. The number of aliphatic hydroxyl groups is 1. The van der Waals surface area contributed by atoms with Crippen molar-refractivity contribution in [2.24, 2.45) is 0 Å². The molecule has 0 aromatic rings. The maximum atomic E-state index is 11.6. The van der Waals surface area contributed by atoms with Gasteiger partial charge in [0.25, 0.3) is 0 Å². The van der Waals surface area contributed by atoms with Crippen molar-refractivity contribution < 1.29 is 19.4 Å². The second-order valence-electron chi connectivity index (χ2n) is 5.36. The summed E-state index contributed by atoms with van der Waals surface area (Å²) in [6, 6.07) is 0. The van der Waals surface area contributed by atoms with Crippen LogP contribution in [0, 0.1) is 0 Å². The number of hydrogen-bond donors (Lipinski definition) is 1. The molecule has 1 atom stereocenters. The van der Waals surface area contributed by atoms with Crippen molar-refractivity contribution in [2.45, 2.75) is 38.4 Å². The third kappa shape index (κ3) is 3.98. The smallest absolute Gasteiger partial charge is 0.410 e. The van der Waals surface area contributed by atoms with Crippen LogP contribution in [0.15, 0.2) is 0 Å². The topological polar surface area (TPSA) is 59.0 Å². The first kappa shape index (κ1) is 13.3. The highest BCUT2D eigenvalue weighted by molar-refractivity contribution is 5.67. The van der Waals surface area contributed by atoms with E-state index in [2.05, 4.69) is 0 Å². The molecular weight excluding hydrogens is 210 g/mol. The predicted octanol–water partition coefficient (Wildman–Crippen LogP) is 1.00. The third-order valence-corrected chi connectivity index (χ3v) is 2.32. The largest absolute Gasteiger partial charge is 0.444 e. The summed E-state index contributed by atoms with van der Waals surface area (Å²) in [6.45, 7) is 6.49. The number of hydrogen-bond acceptors (Lipinski definition) is 4. The quantitative estimate of drug-likeness (QED) is 0.770. The Morgan fingerprint density at radius 2 is 2.19 bits per heavy atom. The summed E-state index contributed by atoms with van der Waals surface area (Å²) >= 11 is 0. The highest BCUT2D eigenvalue weighted by atomic mass is 16.6. The van der Waals surface area contributed by atoms with Crippen LogP contribution in [-0.4, -0.2) is 54.1 Å². The maximum absolute atomic E-state index is 11.6. The average Bonchev–Trinajstić information content (AvgIpc) is 2.48. The number of amides is 1. The first-order valence-electron chi connectivity index (χ1n) is 5.46. The Kier molecular flexibility index (Phi) is 3.80. The monoisotopic (exact) mass is 231 g/mol. The molecule has 0 aliphatic carbocycles. The van der Waals surface area contributed by atoms with Crippen LogP contribution in [0.4, 0.5) is 4.79 Å². The van der Waals surface area contributed by atoms with Gasteiger partial charge in [0.1, 0.15) is 11.2 Å². The minimum atomic E-state index is -0.925. The molecule has 1 amide bonds. The van der Waals surface area contributed by atoms with Crippen LogP contribution in [0.3, 0.4) is 0 Å². The zero-order chi connectivity index (χ0) is 12.4. The molecule has 0 bridgehead atoms. The number of nitrogens with zero attached hydrogens (tertiary/aromatic N) is 1. The normalized spacial score (nSPS) is 25.6. The van der Waals surface area contributed by atoms with Crippen molar-refractivity contribution in [3.63, 3.8) is 0 Å². The highest BCUT2D eigenvalue weighted by Crippen LogP contribution is 2.20. The fraction of sp³-hybridized carbons (Fsp3) is 0.909. The van der Waals surface area contributed by atoms with E-state index in [9.17, 15) is 9.90 Å². The molecular formula is C11H21NO4. The van der Waals surface area contributed by atoms with E-state index >= 15 is 0 Å². The molecule has 0 radical (unpaired) electrons. The molecule has 0 aromatic carbocycles. The van der Waals surface area contributed by atoms with E-state index in [1.54, 1.807) is 7.05 Å². The van der Waals surface area contributed by atoms with Crippen molar-refractivity contribution in [3.05, 3.63) is 0 Å². The molecule has 5 heteroatoms. The number of rotatable bonds is 2. The van der Waals surface area contributed by atoms with E-state index < -0.39 is 17.3 Å². The summed E-state index contributed by atoms with van der Waals surface area (Å²) in [4.78, 5) is 13.0. The fourth-order valence-electron chi connectivity index (χ4n) is 1.57. The van der Waals surface area contributed by atoms with Gasteiger partial charge in [-0.05, 0) is 20.8 Å². The number of ether oxygens (including phenoxy) is 2. The molecule has 1 aliphatic heterocycles. The van der Waals surface area contributed by atoms with E-state index in [-0.39, 0.29) is 13.2 Å². The van der Waals surface area contributed by atoms with Gasteiger partial charge in [0.15, 0.2) is 0 Å². The SMILES string of the molecule is CN(CC1(O)CCOC1)C(=O)OC(C)(C)C. The molecule has 16 heavy (non-hydrogen) atoms. The second-order valence-corrected chi connectivity index (χ2v) is 5.36. The number of carbonyl (C=O) groups is 1. The zero-order valence-corrected chi connectivity index (χ0v) is 10.4. The fourth-order valence-corrected chi connectivity index (χ4v) is 1.57. The number of carbonyl (C=O) groups excluding carboxylic acids is 1. The summed E-state index contributed by atoms with van der Waals surface area (Å²) in [5, 5.41) is 10.0. The minimum absolute atomic E-state index is 0.238. The van der Waals surface area contributed by atoms with Gasteiger partial charge < -0.3 is 19.5 Å². The summed E-state index contributed by atoms with van der Waals surface area (Å²) in [7, 11) is 1.62. The van der Waals surface area contributed by atoms with Crippen molar-refractivity contribution >= 4 is 6.09 Å². The Morgan fingerprint density at radius 3 is 2.62 bits per heavy atom. The molecule has 1 rings (SSSR count). The van der Waals surface area contributed by atoms with E-state index in [4.69, 9.17) is 9.47 Å². The van der Waals surface area contributed by atoms with Gasteiger partial charge in [-0.3, -0.25) is 0 Å². The van der Waals surface area contributed by atoms with E-state index in [1.807, 2.05) is 20.8 Å². The Hall–Kier alpha value is -0.810. The third-order valence-electron chi connectivity index (χ3n) is 2.32. The summed E-state index contributed by atoms with van der Waals surface area (Å²) < 4.78 is 10.3. The molecule has 0 spiro atoms. The van der Waals surface area contributed by atoms with Gasteiger partial charge in [-0.1, -0.05) is 0 Å². The molecule has 94 valence electrons. The molecule has 0 aromatic heterocycles. The molecule has 1 heterocycles. The van der Waals surface area contributed by atoms with Gasteiger partial charge in [0, 0.05) is 20.1 Å². The van der Waals surface area contributed by atoms with E-state index in [0.717, 1.165) is 0 Å². The van der Waals surface area contributed by atoms with Gasteiger partial charge >= 0.3 is 6.09 Å². The number of likely N-dealkylation sites (N-methyl/N-ethyl adjacent to an activating group) is 1. The van der Waals surface area contributed by atoms with Gasteiger partial charge in [0.2, 0.25) is 0 Å². The highest BCUT2D eigenvalue weighted by Gasteiger charge is 2.35. The molecule has 1 aliphatic rings. The molecule has 0 saturated carbocycles. The standard InChI is InChI=1S/C11H21NO4/c1-10(2,3)16-9(13)12(4)7-11(14)5-6-15-8-11/h14H,5-8H2,1-4H3. The van der Waals surface area contributed by atoms with Gasteiger partial charge in [-0.2, -0.15) is 0 Å². The minimum Gasteiger partial charge on any atom is -0.444 e. The molecule has 1 unspecified atom stereocenters. The molecule has 1 N–H and O–H groups in total. The Bertz CT molecular complexity index is 253. The van der Waals surface area contributed by atoms with Gasteiger partial charge in [-0.15, -0.1) is 0 Å². The molecule has 1 saturated heterocycles. The first-order valence-corrected chi connectivity index (χ1v) is 5.46. The molecule has 1 fully saturated rings. The van der Waals surface area contributed by atoms with Crippen molar-refractivity contribution in [1.29, 1.82) is 0 Å². The second kappa shape index (κ2) is 4.59. The van der Waals surface area contributed by atoms with Crippen LogP contribution in [0.1, 0.15) is 27.2 Å². The Labute approximate surface area is 96.3 Å². The zero-order valence-electron chi connectivity index (χ0n) is 10.4. The lowest BCUT2D eigenvalue weighted by Crippen LogP contribution is -2.45. The van der Waals surface area contributed by atoms with Crippen LogP contribution in [0.25, 0.3) is 0 Å². The maximum Gasteiger partial charge on any atom is 0.410 e. The van der Waals surface area contributed by atoms with Crippen LogP contribution in [0.5, 0.6) is 0 Å². The average molecular weight is 231 g/mol. The lowest BCUT2D eigenvalue weighted by Gasteiger charge is -2.29. The van der Waals surface area contributed by atoms with Crippen molar-refractivity contribution in [1.82, 2.24) is 4.90 Å². The van der Waals surface area contributed by atoms with Crippen molar-refractivity contribution in [3.8, 4) is 0 Å². The summed E-state index contributed by atoms with van der Waals surface area (Å²) in [5.74, 6) is 0. The van der Waals surface area contributed by atoms with Crippen LogP contribution >= 0.6 is 0 Å². The van der Waals surface area contributed by atoms with E-state index in [0.29, 0.717) is 13.0 Å². The lowest BCUT2D eigenvalue weighted by atomic mass is 10.0. The van der Waals surface area contributed by atoms with Crippen molar-refractivity contribution in [2.75, 3.05) is 26.8 Å². The van der Waals surface area contributed by atoms with Gasteiger partial charge in [0.05, 0.1) is 13.2 Å². The summed E-state index contributed by atoms with van der Waals surface area (Å²) in [6.07, 6.45) is 0.132. The van der Waals surface area contributed by atoms with Crippen LogP contribution in [0.2, 0.25) is 0 Å². The Morgan fingerprint density at radius 1 is 1.56 bits per heavy atom. The van der Waals surface area contributed by atoms with Gasteiger partial charge in [-0.25, -0.2) is 4.79 Å². The first-order chi connectivity index (χ1) is 7.22. The van der Waals surface area contributed by atoms with Crippen LogP contribution < -0.4 is 0 Å². The summed E-state index contributed by atoms with van der Waals surface area (Å²) in [5.41, 5.74) is -1.44. The van der Waals surface area contributed by atoms with E-state index in [1.165, 1.54) is 4.90 Å². The Balaban J connectivity index is 2.45. The predicted molar refractivity (Wildman–Crippen MR) is 59.2 cm³/mol.